The molecular formula is C13H18BrNO3S. The lowest BCUT2D eigenvalue weighted by Gasteiger charge is -2.21. The predicted molar refractivity (Wildman–Crippen MR) is 77.4 cm³/mol. The smallest absolute Gasteiger partial charge is 0.243 e. The van der Waals surface area contributed by atoms with Crippen LogP contribution in [0.2, 0.25) is 0 Å². The number of likely N-dealkylation sites (N-methyl/N-ethyl adjacent to an activating group) is 1. The fraction of sp³-hybridized carbons (Fsp3) is 0.538. The number of rotatable bonds is 5. The van der Waals surface area contributed by atoms with Crippen LogP contribution in [0, 0.1) is 12.8 Å². The van der Waals surface area contributed by atoms with Gasteiger partial charge in [-0.2, -0.15) is 4.31 Å². The van der Waals surface area contributed by atoms with Gasteiger partial charge in [0.1, 0.15) is 0 Å². The largest absolute Gasteiger partial charge is 0.391 e. The fourth-order valence-corrected chi connectivity index (χ4v) is 3.96. The van der Waals surface area contributed by atoms with E-state index in [9.17, 15) is 13.5 Å². The first-order chi connectivity index (χ1) is 8.84. The van der Waals surface area contributed by atoms with Crippen LogP contribution in [0.15, 0.2) is 27.6 Å². The lowest BCUT2D eigenvalue weighted by atomic mass is 10.2. The molecule has 1 aromatic rings. The first-order valence-corrected chi connectivity index (χ1v) is 8.47. The van der Waals surface area contributed by atoms with Crippen molar-refractivity contribution in [1.29, 1.82) is 0 Å². The third-order valence-corrected chi connectivity index (χ3v) is 6.34. The normalized spacial score (nSPS) is 17.7. The predicted octanol–water partition coefficient (Wildman–Crippen LogP) is 2.15. The molecule has 1 atom stereocenters. The van der Waals surface area contributed by atoms with E-state index >= 15 is 0 Å². The first kappa shape index (κ1) is 15.0. The lowest BCUT2D eigenvalue weighted by molar-refractivity contribution is 0.131. The minimum Gasteiger partial charge on any atom is -0.391 e. The SMILES string of the molecule is Cc1c(Br)cccc1S(=O)(=O)N(C)CC(O)C1CC1. The van der Waals surface area contributed by atoms with Gasteiger partial charge in [-0.1, -0.05) is 22.0 Å². The highest BCUT2D eigenvalue weighted by Gasteiger charge is 2.33. The van der Waals surface area contributed by atoms with E-state index in [1.165, 1.54) is 11.4 Å². The second-order valence-electron chi connectivity index (χ2n) is 5.05. The number of halogens is 1. The second-order valence-corrected chi connectivity index (χ2v) is 7.92. The van der Waals surface area contributed by atoms with Crippen LogP contribution in [0.5, 0.6) is 0 Å². The van der Waals surface area contributed by atoms with E-state index in [4.69, 9.17) is 0 Å². The highest BCUT2D eigenvalue weighted by molar-refractivity contribution is 9.10. The Bertz CT molecular complexity index is 569. The molecule has 0 heterocycles. The molecular weight excluding hydrogens is 330 g/mol. The fourth-order valence-electron chi connectivity index (χ4n) is 2.03. The topological polar surface area (TPSA) is 57.6 Å². The lowest BCUT2D eigenvalue weighted by Crippen LogP contribution is -2.35. The Hall–Kier alpha value is -0.430. The maximum absolute atomic E-state index is 12.5. The van der Waals surface area contributed by atoms with Crippen LogP contribution in [0.3, 0.4) is 0 Å². The Balaban J connectivity index is 2.23. The summed E-state index contributed by atoms with van der Waals surface area (Å²) in [5.74, 6) is 0.265. The zero-order valence-electron chi connectivity index (χ0n) is 11.0. The standard InChI is InChI=1S/C13H18BrNO3S/c1-9-11(14)4-3-5-13(9)19(17,18)15(2)8-12(16)10-6-7-10/h3-5,10,12,16H,6-8H2,1-2H3. The molecule has 1 N–H and O–H groups in total. The zero-order valence-corrected chi connectivity index (χ0v) is 13.4. The average Bonchev–Trinajstić information content (AvgIpc) is 3.16. The Morgan fingerprint density at radius 2 is 2.11 bits per heavy atom. The molecule has 1 unspecified atom stereocenters. The van der Waals surface area contributed by atoms with Gasteiger partial charge >= 0.3 is 0 Å². The van der Waals surface area contributed by atoms with Gasteiger partial charge in [-0.15, -0.1) is 0 Å². The number of sulfonamides is 1. The van der Waals surface area contributed by atoms with Crippen molar-refractivity contribution in [3.8, 4) is 0 Å². The number of hydrogen-bond donors (Lipinski definition) is 1. The number of benzene rings is 1. The molecule has 0 bridgehead atoms. The molecule has 0 aromatic heterocycles. The van der Waals surface area contributed by atoms with Crippen molar-refractivity contribution in [3.63, 3.8) is 0 Å². The molecule has 0 aliphatic heterocycles. The summed E-state index contributed by atoms with van der Waals surface area (Å²) < 4.78 is 27.0. The van der Waals surface area contributed by atoms with Gasteiger partial charge in [0.15, 0.2) is 0 Å². The molecule has 106 valence electrons. The Morgan fingerprint density at radius 3 is 2.68 bits per heavy atom. The third kappa shape index (κ3) is 3.18. The highest BCUT2D eigenvalue weighted by atomic mass is 79.9. The summed E-state index contributed by atoms with van der Waals surface area (Å²) in [6.45, 7) is 1.92. The van der Waals surface area contributed by atoms with E-state index < -0.39 is 16.1 Å². The summed E-state index contributed by atoms with van der Waals surface area (Å²) in [5, 5.41) is 9.88. The average molecular weight is 348 g/mol. The molecule has 1 aliphatic rings. The van der Waals surface area contributed by atoms with Crippen LogP contribution in [0.4, 0.5) is 0 Å². The summed E-state index contributed by atoms with van der Waals surface area (Å²) in [7, 11) is -2.03. The summed E-state index contributed by atoms with van der Waals surface area (Å²) in [6.07, 6.45) is 1.42. The summed E-state index contributed by atoms with van der Waals surface area (Å²) >= 11 is 3.34. The zero-order chi connectivity index (χ0) is 14.2. The minimum atomic E-state index is -3.55. The van der Waals surface area contributed by atoms with Crippen LogP contribution in [-0.2, 0) is 10.0 Å². The quantitative estimate of drug-likeness (QED) is 0.887. The first-order valence-electron chi connectivity index (χ1n) is 6.23. The highest BCUT2D eigenvalue weighted by Crippen LogP contribution is 2.33. The van der Waals surface area contributed by atoms with E-state index in [2.05, 4.69) is 15.9 Å². The summed E-state index contributed by atoms with van der Waals surface area (Å²) in [4.78, 5) is 0.285. The Labute approximate surface area is 122 Å². The van der Waals surface area contributed by atoms with Crippen molar-refractivity contribution in [1.82, 2.24) is 4.31 Å². The molecule has 6 heteroatoms. The van der Waals surface area contributed by atoms with Crippen molar-refractivity contribution >= 4 is 26.0 Å². The number of aliphatic hydroxyl groups excluding tert-OH is 1. The molecule has 0 amide bonds. The third-order valence-electron chi connectivity index (χ3n) is 3.52. The molecule has 0 radical (unpaired) electrons. The van der Waals surface area contributed by atoms with E-state index in [1.807, 2.05) is 6.07 Å². The van der Waals surface area contributed by atoms with E-state index in [0.29, 0.717) is 5.56 Å². The van der Waals surface area contributed by atoms with Gasteiger partial charge in [0.2, 0.25) is 10.0 Å². The van der Waals surface area contributed by atoms with Gasteiger partial charge in [-0.3, -0.25) is 0 Å². The van der Waals surface area contributed by atoms with Gasteiger partial charge in [-0.25, -0.2) is 8.42 Å². The van der Waals surface area contributed by atoms with Crippen LogP contribution >= 0.6 is 15.9 Å². The molecule has 0 spiro atoms. The molecule has 1 saturated carbocycles. The van der Waals surface area contributed by atoms with E-state index in [-0.39, 0.29) is 17.4 Å². The number of hydrogen-bond acceptors (Lipinski definition) is 3. The van der Waals surface area contributed by atoms with Crippen LogP contribution in [0.1, 0.15) is 18.4 Å². The maximum atomic E-state index is 12.5. The van der Waals surface area contributed by atoms with Crippen LogP contribution in [0.25, 0.3) is 0 Å². The van der Waals surface area contributed by atoms with Crippen LogP contribution in [-0.4, -0.2) is 37.5 Å². The van der Waals surface area contributed by atoms with Gasteiger partial charge < -0.3 is 5.11 Å². The summed E-state index contributed by atoms with van der Waals surface area (Å²) in [6, 6.07) is 5.11. The molecule has 1 aliphatic carbocycles. The van der Waals surface area contributed by atoms with E-state index in [1.54, 1.807) is 19.1 Å². The monoisotopic (exact) mass is 347 g/mol. The van der Waals surface area contributed by atoms with Gasteiger partial charge in [0, 0.05) is 18.1 Å². The van der Waals surface area contributed by atoms with E-state index in [0.717, 1.165) is 17.3 Å². The van der Waals surface area contributed by atoms with Crippen LogP contribution < -0.4 is 0 Å². The molecule has 19 heavy (non-hydrogen) atoms. The Morgan fingerprint density at radius 1 is 1.47 bits per heavy atom. The Kier molecular flexibility index (Phi) is 4.35. The minimum absolute atomic E-state index is 0.152. The van der Waals surface area contributed by atoms with Crippen molar-refractivity contribution in [3.05, 3.63) is 28.2 Å². The van der Waals surface area contributed by atoms with Crippen molar-refractivity contribution < 1.29 is 13.5 Å². The van der Waals surface area contributed by atoms with Crippen molar-refractivity contribution in [2.45, 2.75) is 30.8 Å². The summed E-state index contributed by atoms with van der Waals surface area (Å²) in [5.41, 5.74) is 0.690. The molecule has 1 fully saturated rings. The maximum Gasteiger partial charge on any atom is 0.243 e. The second kappa shape index (κ2) is 5.52. The molecule has 0 saturated heterocycles. The number of nitrogens with zero attached hydrogens (tertiary/aromatic N) is 1. The van der Waals surface area contributed by atoms with Gasteiger partial charge in [0.25, 0.3) is 0 Å². The van der Waals surface area contributed by atoms with Gasteiger partial charge in [0.05, 0.1) is 11.0 Å². The van der Waals surface area contributed by atoms with Crippen molar-refractivity contribution in [2.75, 3.05) is 13.6 Å². The molecule has 2 rings (SSSR count). The van der Waals surface area contributed by atoms with Crippen molar-refractivity contribution in [2.24, 2.45) is 5.92 Å². The number of aliphatic hydroxyl groups is 1. The molecule has 1 aromatic carbocycles. The molecule has 4 nitrogen and oxygen atoms in total. The van der Waals surface area contributed by atoms with Gasteiger partial charge in [-0.05, 0) is 43.4 Å².